The summed E-state index contributed by atoms with van der Waals surface area (Å²) in [4.78, 5) is 44.9. The van der Waals surface area contributed by atoms with Crippen molar-refractivity contribution in [2.75, 3.05) is 0 Å². The van der Waals surface area contributed by atoms with E-state index in [-0.39, 0.29) is 25.0 Å². The molecule has 0 saturated heterocycles. The number of hydrogen-bond donors (Lipinski definition) is 4. The standard InChI is InChI=1S/C12H21N3O5/c1-3-4-9(18)11(7(2)17)15-12(20)8(14-6-16)5-10(13)19/h6-8,11,17H,3-5H2,1-2H3,(H2,13,19)(H,14,16)(H,15,20). The molecule has 0 aliphatic carbocycles. The van der Waals surface area contributed by atoms with E-state index in [1.165, 1.54) is 6.92 Å². The summed E-state index contributed by atoms with van der Waals surface area (Å²) in [5, 5.41) is 14.0. The van der Waals surface area contributed by atoms with Crippen molar-refractivity contribution in [1.82, 2.24) is 10.6 Å². The number of nitrogens with one attached hydrogen (secondary N) is 2. The summed E-state index contributed by atoms with van der Waals surface area (Å²) < 4.78 is 0. The van der Waals surface area contributed by atoms with E-state index in [4.69, 9.17) is 5.73 Å². The molecule has 5 N–H and O–H groups in total. The van der Waals surface area contributed by atoms with Crippen molar-refractivity contribution in [1.29, 1.82) is 0 Å². The van der Waals surface area contributed by atoms with Crippen LogP contribution in [0.3, 0.4) is 0 Å². The predicted molar refractivity (Wildman–Crippen MR) is 70.3 cm³/mol. The molecule has 3 unspecified atom stereocenters. The second kappa shape index (κ2) is 9.03. The van der Waals surface area contributed by atoms with E-state index in [2.05, 4.69) is 10.6 Å². The second-order valence-electron chi connectivity index (χ2n) is 4.45. The van der Waals surface area contributed by atoms with Gasteiger partial charge in [0, 0.05) is 6.42 Å². The molecule has 0 heterocycles. The molecule has 0 radical (unpaired) electrons. The molecule has 0 aromatic heterocycles. The SMILES string of the molecule is CCCC(=O)C(NC(=O)C(CC(N)=O)NC=O)C(C)O. The third-order valence-electron chi connectivity index (χ3n) is 2.61. The van der Waals surface area contributed by atoms with E-state index in [1.807, 2.05) is 0 Å². The van der Waals surface area contributed by atoms with Crippen molar-refractivity contribution in [2.24, 2.45) is 5.73 Å². The highest BCUT2D eigenvalue weighted by atomic mass is 16.3. The summed E-state index contributed by atoms with van der Waals surface area (Å²) in [6.45, 7) is 3.16. The summed E-state index contributed by atoms with van der Waals surface area (Å²) >= 11 is 0. The number of carbonyl (C=O) groups is 4. The highest BCUT2D eigenvalue weighted by Gasteiger charge is 2.28. The number of carbonyl (C=O) groups excluding carboxylic acids is 4. The van der Waals surface area contributed by atoms with Crippen molar-refractivity contribution in [2.45, 2.75) is 51.3 Å². The van der Waals surface area contributed by atoms with E-state index >= 15 is 0 Å². The van der Waals surface area contributed by atoms with Gasteiger partial charge in [-0.15, -0.1) is 0 Å². The molecule has 0 aliphatic heterocycles. The van der Waals surface area contributed by atoms with Crippen LogP contribution in [0, 0.1) is 0 Å². The van der Waals surface area contributed by atoms with Crippen LogP contribution >= 0.6 is 0 Å². The summed E-state index contributed by atoms with van der Waals surface area (Å²) in [5.74, 6) is -1.83. The highest BCUT2D eigenvalue weighted by molar-refractivity contribution is 5.94. The quantitative estimate of drug-likeness (QED) is 0.351. The van der Waals surface area contributed by atoms with Crippen molar-refractivity contribution >= 4 is 24.0 Å². The van der Waals surface area contributed by atoms with Gasteiger partial charge in [0.2, 0.25) is 18.2 Å². The minimum Gasteiger partial charge on any atom is -0.391 e. The average Bonchev–Trinajstić information content (AvgIpc) is 2.34. The molecule has 3 amide bonds. The topological polar surface area (TPSA) is 139 Å². The third-order valence-corrected chi connectivity index (χ3v) is 2.61. The van der Waals surface area contributed by atoms with Crippen LogP contribution < -0.4 is 16.4 Å². The van der Waals surface area contributed by atoms with E-state index in [1.54, 1.807) is 6.92 Å². The fourth-order valence-electron chi connectivity index (χ4n) is 1.64. The Hall–Kier alpha value is -1.96. The molecule has 0 rings (SSSR count). The molecule has 0 aliphatic rings. The van der Waals surface area contributed by atoms with Crippen molar-refractivity contribution in [3.05, 3.63) is 0 Å². The Labute approximate surface area is 117 Å². The Morgan fingerprint density at radius 3 is 2.35 bits per heavy atom. The lowest BCUT2D eigenvalue weighted by Gasteiger charge is -2.23. The zero-order valence-electron chi connectivity index (χ0n) is 11.6. The minimum atomic E-state index is -1.17. The maximum absolute atomic E-state index is 11.9. The van der Waals surface area contributed by atoms with Gasteiger partial charge in [0.05, 0.1) is 12.5 Å². The molecule has 0 aromatic carbocycles. The Bertz CT molecular complexity index is 370. The number of aliphatic hydroxyl groups excluding tert-OH is 1. The van der Waals surface area contributed by atoms with E-state index < -0.39 is 30.0 Å². The van der Waals surface area contributed by atoms with Gasteiger partial charge in [0.15, 0.2) is 5.78 Å². The number of ketones is 1. The van der Waals surface area contributed by atoms with Gasteiger partial charge in [-0.3, -0.25) is 19.2 Å². The molecular formula is C12H21N3O5. The normalized spacial score (nSPS) is 14.8. The zero-order valence-corrected chi connectivity index (χ0v) is 11.6. The number of nitrogens with two attached hydrogens (primary N) is 1. The first-order chi connectivity index (χ1) is 9.33. The first-order valence-electron chi connectivity index (χ1n) is 6.32. The molecule has 0 aromatic rings. The molecule has 0 bridgehead atoms. The first-order valence-corrected chi connectivity index (χ1v) is 6.32. The van der Waals surface area contributed by atoms with E-state index in [0.717, 1.165) is 0 Å². The largest absolute Gasteiger partial charge is 0.391 e. The molecule has 3 atom stereocenters. The number of rotatable bonds is 10. The summed E-state index contributed by atoms with van der Waals surface area (Å²) in [6, 6.07) is -2.24. The average molecular weight is 287 g/mol. The van der Waals surface area contributed by atoms with E-state index in [9.17, 15) is 24.3 Å². The Morgan fingerprint density at radius 2 is 1.95 bits per heavy atom. The van der Waals surface area contributed by atoms with Crippen LogP contribution in [0.2, 0.25) is 0 Å². The molecule has 0 spiro atoms. The van der Waals surface area contributed by atoms with Crippen LogP contribution in [0.1, 0.15) is 33.1 Å². The number of aliphatic hydroxyl groups is 1. The van der Waals surface area contributed by atoms with Gasteiger partial charge in [-0.05, 0) is 13.3 Å². The number of primary amides is 1. The lowest BCUT2D eigenvalue weighted by atomic mass is 10.0. The molecule has 0 saturated carbocycles. The van der Waals surface area contributed by atoms with Crippen molar-refractivity contribution in [3.63, 3.8) is 0 Å². The molecular weight excluding hydrogens is 266 g/mol. The van der Waals surface area contributed by atoms with Crippen LogP contribution in [-0.4, -0.2) is 47.3 Å². The van der Waals surface area contributed by atoms with Gasteiger partial charge >= 0.3 is 0 Å². The third kappa shape index (κ3) is 6.28. The summed E-state index contributed by atoms with van der Waals surface area (Å²) in [6.07, 6.45) is -0.423. The molecule has 20 heavy (non-hydrogen) atoms. The van der Waals surface area contributed by atoms with Gasteiger partial charge < -0.3 is 21.5 Å². The first kappa shape index (κ1) is 18.0. The fourth-order valence-corrected chi connectivity index (χ4v) is 1.64. The predicted octanol–water partition coefficient (Wildman–Crippen LogP) is -1.79. The Kier molecular flexibility index (Phi) is 8.14. The molecule has 0 fully saturated rings. The van der Waals surface area contributed by atoms with E-state index in [0.29, 0.717) is 6.42 Å². The number of hydrogen-bond acceptors (Lipinski definition) is 5. The van der Waals surface area contributed by atoms with Crippen LogP contribution in [0.15, 0.2) is 0 Å². The second-order valence-corrected chi connectivity index (χ2v) is 4.45. The summed E-state index contributed by atoms with van der Waals surface area (Å²) in [5.41, 5.74) is 4.97. The van der Waals surface area contributed by atoms with Gasteiger partial charge in [0.25, 0.3) is 0 Å². The van der Waals surface area contributed by atoms with Gasteiger partial charge in [-0.1, -0.05) is 6.92 Å². The van der Waals surface area contributed by atoms with Crippen LogP contribution in [0.4, 0.5) is 0 Å². The Morgan fingerprint density at radius 1 is 1.35 bits per heavy atom. The van der Waals surface area contributed by atoms with Crippen LogP contribution in [0.5, 0.6) is 0 Å². The van der Waals surface area contributed by atoms with Crippen LogP contribution in [0.25, 0.3) is 0 Å². The maximum Gasteiger partial charge on any atom is 0.243 e. The maximum atomic E-state index is 11.9. The summed E-state index contributed by atoms with van der Waals surface area (Å²) in [7, 11) is 0. The lowest BCUT2D eigenvalue weighted by Crippen LogP contribution is -2.54. The van der Waals surface area contributed by atoms with Gasteiger partial charge in [-0.25, -0.2) is 0 Å². The number of Topliss-reactive ketones (excluding diaryl/α,β-unsaturated/α-hetero) is 1. The highest BCUT2D eigenvalue weighted by Crippen LogP contribution is 2.02. The van der Waals surface area contributed by atoms with Crippen molar-refractivity contribution < 1.29 is 24.3 Å². The van der Waals surface area contributed by atoms with Gasteiger partial charge in [0.1, 0.15) is 12.1 Å². The molecule has 8 nitrogen and oxygen atoms in total. The molecule has 114 valence electrons. The lowest BCUT2D eigenvalue weighted by molar-refractivity contribution is -0.133. The van der Waals surface area contributed by atoms with Crippen LogP contribution in [-0.2, 0) is 19.2 Å². The van der Waals surface area contributed by atoms with Gasteiger partial charge in [-0.2, -0.15) is 0 Å². The zero-order chi connectivity index (χ0) is 15.7. The monoisotopic (exact) mass is 287 g/mol. The smallest absolute Gasteiger partial charge is 0.243 e. The molecule has 8 heteroatoms. The fraction of sp³-hybridized carbons (Fsp3) is 0.667. The Balaban J connectivity index is 4.82. The number of amides is 3. The van der Waals surface area contributed by atoms with Crippen molar-refractivity contribution in [3.8, 4) is 0 Å². The minimum absolute atomic E-state index is 0.206.